The molecule has 1 aliphatic rings. The highest BCUT2D eigenvalue weighted by atomic mass is 16.3. The fraction of sp³-hybridized carbons (Fsp3) is 0.625. The van der Waals surface area contributed by atoms with Crippen LogP contribution in [0.2, 0.25) is 0 Å². The SMILES string of the molecule is CC1CN(C(=O)c2cc(N)nc(C(C)(C)C)c2)CCC1O. The van der Waals surface area contributed by atoms with Gasteiger partial charge >= 0.3 is 0 Å². The number of nitrogens with two attached hydrogens (primary N) is 1. The number of nitrogen functional groups attached to an aromatic ring is 1. The molecular weight excluding hydrogens is 266 g/mol. The van der Waals surface area contributed by atoms with Gasteiger partial charge in [0.1, 0.15) is 5.82 Å². The molecule has 0 aromatic carbocycles. The van der Waals surface area contributed by atoms with Gasteiger partial charge in [-0.15, -0.1) is 0 Å². The largest absolute Gasteiger partial charge is 0.393 e. The molecule has 1 aromatic rings. The van der Waals surface area contributed by atoms with Gasteiger partial charge in [0.05, 0.1) is 6.10 Å². The van der Waals surface area contributed by atoms with Crippen molar-refractivity contribution in [1.29, 1.82) is 0 Å². The number of amides is 1. The normalized spacial score (nSPS) is 23.2. The summed E-state index contributed by atoms with van der Waals surface area (Å²) >= 11 is 0. The van der Waals surface area contributed by atoms with Gasteiger partial charge in [0.25, 0.3) is 5.91 Å². The molecule has 116 valence electrons. The molecule has 1 aromatic heterocycles. The zero-order valence-corrected chi connectivity index (χ0v) is 13.3. The van der Waals surface area contributed by atoms with Gasteiger partial charge in [-0.25, -0.2) is 4.98 Å². The predicted molar refractivity (Wildman–Crippen MR) is 83.0 cm³/mol. The van der Waals surface area contributed by atoms with Crippen LogP contribution in [0.5, 0.6) is 0 Å². The zero-order chi connectivity index (χ0) is 15.8. The molecule has 2 rings (SSSR count). The van der Waals surface area contributed by atoms with Gasteiger partial charge in [-0.05, 0) is 24.5 Å². The molecular formula is C16H25N3O2. The molecule has 5 heteroatoms. The minimum atomic E-state index is -0.318. The summed E-state index contributed by atoms with van der Waals surface area (Å²) in [5.74, 6) is 0.438. The Balaban J connectivity index is 2.25. The molecule has 0 radical (unpaired) electrons. The highest BCUT2D eigenvalue weighted by Gasteiger charge is 2.28. The van der Waals surface area contributed by atoms with Crippen LogP contribution < -0.4 is 5.73 Å². The highest BCUT2D eigenvalue weighted by molar-refractivity contribution is 5.95. The maximum atomic E-state index is 12.6. The van der Waals surface area contributed by atoms with Gasteiger partial charge in [0, 0.05) is 29.8 Å². The summed E-state index contributed by atoms with van der Waals surface area (Å²) in [6.07, 6.45) is 0.307. The van der Waals surface area contributed by atoms with E-state index in [-0.39, 0.29) is 23.3 Å². The standard InChI is InChI=1S/C16H25N3O2/c1-10-9-19(6-5-12(10)20)15(21)11-7-13(16(2,3)4)18-14(17)8-11/h7-8,10,12,20H,5-6,9H2,1-4H3,(H2,17,18). The van der Waals surface area contributed by atoms with Crippen LogP contribution in [0.1, 0.15) is 50.2 Å². The fourth-order valence-corrected chi connectivity index (χ4v) is 2.56. The molecule has 5 nitrogen and oxygen atoms in total. The van der Waals surface area contributed by atoms with Crippen LogP contribution in [0, 0.1) is 5.92 Å². The van der Waals surface area contributed by atoms with Crippen molar-refractivity contribution in [3.63, 3.8) is 0 Å². The Kier molecular flexibility index (Phi) is 4.23. The van der Waals surface area contributed by atoms with Crippen molar-refractivity contribution in [1.82, 2.24) is 9.88 Å². The lowest BCUT2D eigenvalue weighted by Gasteiger charge is -2.34. The number of carbonyl (C=O) groups excluding carboxylic acids is 1. The van der Waals surface area contributed by atoms with E-state index in [2.05, 4.69) is 4.98 Å². The van der Waals surface area contributed by atoms with E-state index < -0.39 is 0 Å². The quantitative estimate of drug-likeness (QED) is 0.827. The molecule has 3 N–H and O–H groups in total. The van der Waals surface area contributed by atoms with Crippen molar-refractivity contribution in [3.8, 4) is 0 Å². The Morgan fingerprint density at radius 2 is 2.10 bits per heavy atom. The van der Waals surface area contributed by atoms with E-state index in [4.69, 9.17) is 5.73 Å². The Labute approximate surface area is 126 Å². The number of hydrogen-bond acceptors (Lipinski definition) is 4. The molecule has 2 unspecified atom stereocenters. The van der Waals surface area contributed by atoms with Gasteiger partial charge in [-0.2, -0.15) is 0 Å². The topological polar surface area (TPSA) is 79.5 Å². The van der Waals surface area contributed by atoms with E-state index in [1.165, 1.54) is 0 Å². The lowest BCUT2D eigenvalue weighted by atomic mass is 9.90. The maximum Gasteiger partial charge on any atom is 0.254 e. The van der Waals surface area contributed by atoms with Crippen molar-refractivity contribution in [2.45, 2.75) is 45.6 Å². The zero-order valence-electron chi connectivity index (χ0n) is 13.3. The Morgan fingerprint density at radius 1 is 1.43 bits per heavy atom. The van der Waals surface area contributed by atoms with Crippen LogP contribution in [0.3, 0.4) is 0 Å². The van der Waals surface area contributed by atoms with Gasteiger partial charge in [-0.1, -0.05) is 27.7 Å². The first-order chi connectivity index (χ1) is 9.68. The summed E-state index contributed by atoms with van der Waals surface area (Å²) in [6.45, 7) is 9.25. The van der Waals surface area contributed by atoms with Crippen molar-refractivity contribution in [2.75, 3.05) is 18.8 Å². The third-order valence-corrected chi connectivity index (χ3v) is 4.01. The van der Waals surface area contributed by atoms with Crippen molar-refractivity contribution in [2.24, 2.45) is 5.92 Å². The molecule has 0 aliphatic carbocycles. The average molecular weight is 291 g/mol. The number of carbonyl (C=O) groups is 1. The fourth-order valence-electron chi connectivity index (χ4n) is 2.56. The van der Waals surface area contributed by atoms with Crippen LogP contribution >= 0.6 is 0 Å². The summed E-state index contributed by atoms with van der Waals surface area (Å²) < 4.78 is 0. The minimum absolute atomic E-state index is 0.0339. The molecule has 1 amide bonds. The summed E-state index contributed by atoms with van der Waals surface area (Å²) in [6, 6.07) is 3.46. The number of likely N-dealkylation sites (tertiary alicyclic amines) is 1. The van der Waals surface area contributed by atoms with Gasteiger partial charge in [0.15, 0.2) is 0 Å². The summed E-state index contributed by atoms with van der Waals surface area (Å²) in [5, 5.41) is 9.77. The first-order valence-corrected chi connectivity index (χ1v) is 7.44. The van der Waals surface area contributed by atoms with Crippen LogP contribution in [-0.2, 0) is 5.41 Å². The smallest absolute Gasteiger partial charge is 0.254 e. The lowest BCUT2D eigenvalue weighted by Crippen LogP contribution is -2.45. The first kappa shape index (κ1) is 15.8. The second-order valence-electron chi connectivity index (χ2n) is 7.00. The number of aliphatic hydroxyl groups excluding tert-OH is 1. The summed E-state index contributed by atoms with van der Waals surface area (Å²) in [4.78, 5) is 18.8. The van der Waals surface area contributed by atoms with E-state index in [0.717, 1.165) is 5.69 Å². The van der Waals surface area contributed by atoms with E-state index >= 15 is 0 Å². The monoisotopic (exact) mass is 291 g/mol. The maximum absolute atomic E-state index is 12.6. The molecule has 2 atom stereocenters. The number of piperidine rings is 1. The number of aliphatic hydroxyl groups is 1. The molecule has 0 bridgehead atoms. The Bertz CT molecular complexity index is 537. The van der Waals surface area contributed by atoms with E-state index in [1.54, 1.807) is 11.0 Å². The van der Waals surface area contributed by atoms with Crippen molar-refractivity contribution >= 4 is 11.7 Å². The van der Waals surface area contributed by atoms with Gasteiger partial charge < -0.3 is 15.7 Å². The molecule has 0 spiro atoms. The van der Waals surface area contributed by atoms with Crippen LogP contribution in [0.15, 0.2) is 12.1 Å². The number of nitrogens with zero attached hydrogens (tertiary/aromatic N) is 2. The van der Waals surface area contributed by atoms with Crippen LogP contribution in [0.25, 0.3) is 0 Å². The Morgan fingerprint density at radius 3 is 2.67 bits per heavy atom. The second kappa shape index (κ2) is 5.64. The predicted octanol–water partition coefficient (Wildman–Crippen LogP) is 1.80. The minimum Gasteiger partial charge on any atom is -0.393 e. The number of anilines is 1. The molecule has 0 saturated carbocycles. The molecule has 1 fully saturated rings. The van der Waals surface area contributed by atoms with E-state index in [1.807, 2.05) is 33.8 Å². The van der Waals surface area contributed by atoms with Gasteiger partial charge in [-0.3, -0.25) is 4.79 Å². The Hall–Kier alpha value is -1.62. The molecule has 21 heavy (non-hydrogen) atoms. The third-order valence-electron chi connectivity index (χ3n) is 4.01. The summed E-state index contributed by atoms with van der Waals surface area (Å²) in [7, 11) is 0. The lowest BCUT2D eigenvalue weighted by molar-refractivity contribution is 0.0297. The third kappa shape index (κ3) is 3.53. The number of hydrogen-bond donors (Lipinski definition) is 2. The van der Waals surface area contributed by atoms with Gasteiger partial charge in [0.2, 0.25) is 0 Å². The number of pyridine rings is 1. The van der Waals surface area contributed by atoms with Crippen LogP contribution in [0.4, 0.5) is 5.82 Å². The number of rotatable bonds is 1. The molecule has 2 heterocycles. The second-order valence-corrected chi connectivity index (χ2v) is 7.00. The van der Waals surface area contributed by atoms with E-state index in [9.17, 15) is 9.90 Å². The molecule has 1 saturated heterocycles. The number of aromatic nitrogens is 1. The van der Waals surface area contributed by atoms with Crippen molar-refractivity contribution in [3.05, 3.63) is 23.4 Å². The van der Waals surface area contributed by atoms with E-state index in [0.29, 0.717) is 30.9 Å². The highest BCUT2D eigenvalue weighted by Crippen LogP contribution is 2.24. The first-order valence-electron chi connectivity index (χ1n) is 7.44. The summed E-state index contributed by atoms with van der Waals surface area (Å²) in [5.41, 5.74) is 7.09. The van der Waals surface area contributed by atoms with Crippen LogP contribution in [-0.4, -0.2) is 40.1 Å². The van der Waals surface area contributed by atoms with Crippen molar-refractivity contribution < 1.29 is 9.90 Å². The average Bonchev–Trinajstić information content (AvgIpc) is 2.39. The molecule has 1 aliphatic heterocycles.